The third-order valence-corrected chi connectivity index (χ3v) is 6.32. The van der Waals surface area contributed by atoms with Crippen molar-refractivity contribution in [1.82, 2.24) is 0 Å². The smallest absolute Gasteiger partial charge is 0.270 e. The summed E-state index contributed by atoms with van der Waals surface area (Å²) < 4.78 is 38.7. The number of carbonyl (C=O) groups excluding carboxylic acids is 1. The highest BCUT2D eigenvalue weighted by Gasteiger charge is 2.20. The lowest BCUT2D eigenvalue weighted by atomic mass is 10.2. The summed E-state index contributed by atoms with van der Waals surface area (Å²) in [4.78, 5) is 22.6. The molecule has 12 heteroatoms. The summed E-state index contributed by atoms with van der Waals surface area (Å²) in [6, 6.07) is 13.8. The lowest BCUT2D eigenvalue weighted by molar-refractivity contribution is -0.384. The number of ether oxygens (including phenoxy) is 2. The Morgan fingerprint density at radius 1 is 0.939 bits per heavy atom. The lowest BCUT2D eigenvalue weighted by Crippen LogP contribution is -2.17. The molecule has 0 aromatic heterocycles. The fourth-order valence-electron chi connectivity index (χ4n) is 3.03. The molecule has 0 bridgehead atoms. The minimum atomic E-state index is -3.89. The predicted molar refractivity (Wildman–Crippen MR) is 121 cm³/mol. The summed E-state index contributed by atoms with van der Waals surface area (Å²) in [7, 11) is -3.89. The summed E-state index contributed by atoms with van der Waals surface area (Å²) in [5.74, 6) is 0.264. The summed E-state index contributed by atoms with van der Waals surface area (Å²) in [6.07, 6.45) is 0. The zero-order chi connectivity index (χ0) is 23.6. The topological polar surface area (TPSA) is 137 Å². The van der Waals surface area contributed by atoms with Crippen molar-refractivity contribution in [3.05, 3.63) is 81.4 Å². The number of nitrogens with zero attached hydrogens (tertiary/aromatic N) is 1. The number of rotatable bonds is 6. The number of anilines is 2. The van der Waals surface area contributed by atoms with E-state index in [1.807, 2.05) is 0 Å². The monoisotopic (exact) mass is 489 g/mol. The number of halogens is 1. The minimum absolute atomic E-state index is 0.0111. The zero-order valence-electron chi connectivity index (χ0n) is 16.8. The molecule has 0 fully saturated rings. The molecule has 1 heterocycles. The van der Waals surface area contributed by atoms with Gasteiger partial charge in [0.2, 0.25) is 0 Å². The minimum Gasteiger partial charge on any atom is -0.486 e. The molecule has 0 spiro atoms. The average molecular weight is 490 g/mol. The molecule has 1 aliphatic rings. The molecule has 1 amide bonds. The van der Waals surface area contributed by atoms with Crippen LogP contribution in [0.4, 0.5) is 17.1 Å². The van der Waals surface area contributed by atoms with Gasteiger partial charge in [-0.2, -0.15) is 0 Å². The Labute approximate surface area is 193 Å². The van der Waals surface area contributed by atoms with E-state index in [-0.39, 0.29) is 26.9 Å². The third-order valence-electron chi connectivity index (χ3n) is 4.63. The van der Waals surface area contributed by atoms with E-state index in [1.54, 1.807) is 0 Å². The Morgan fingerprint density at radius 2 is 1.61 bits per heavy atom. The van der Waals surface area contributed by atoms with E-state index in [4.69, 9.17) is 21.1 Å². The van der Waals surface area contributed by atoms with Gasteiger partial charge < -0.3 is 14.8 Å². The maximum absolute atomic E-state index is 12.7. The van der Waals surface area contributed by atoms with Gasteiger partial charge in [0.25, 0.3) is 21.6 Å². The number of non-ortho nitro benzene ring substituents is 1. The highest BCUT2D eigenvalue weighted by molar-refractivity contribution is 7.92. The first kappa shape index (κ1) is 22.4. The van der Waals surface area contributed by atoms with Crippen LogP contribution in [0, 0.1) is 10.1 Å². The fourth-order valence-corrected chi connectivity index (χ4v) is 4.36. The summed E-state index contributed by atoms with van der Waals surface area (Å²) >= 11 is 5.98. The van der Waals surface area contributed by atoms with Crippen molar-refractivity contribution in [2.24, 2.45) is 0 Å². The van der Waals surface area contributed by atoms with Gasteiger partial charge in [-0.25, -0.2) is 8.42 Å². The van der Waals surface area contributed by atoms with Gasteiger partial charge in [-0.3, -0.25) is 19.6 Å². The van der Waals surface area contributed by atoms with E-state index >= 15 is 0 Å². The Balaban J connectivity index is 1.45. The standard InChI is InChI=1S/C21H16ClN3O7S/c22-18-11-15(25(27)28)5-7-17(18)21(26)23-13-1-3-14(4-2-13)24-33(29,30)16-6-8-19-20(12-16)32-10-9-31-19/h1-8,11-12,24H,9-10H2,(H,23,26). The van der Waals surface area contributed by atoms with E-state index in [1.165, 1.54) is 54.6 Å². The molecule has 0 atom stereocenters. The van der Waals surface area contributed by atoms with Gasteiger partial charge in [-0.15, -0.1) is 0 Å². The number of benzene rings is 3. The number of fused-ring (bicyclic) bond motifs is 1. The second-order valence-electron chi connectivity index (χ2n) is 6.86. The van der Waals surface area contributed by atoms with Crippen LogP contribution in [-0.2, 0) is 10.0 Å². The van der Waals surface area contributed by atoms with Crippen molar-refractivity contribution in [2.45, 2.75) is 4.90 Å². The van der Waals surface area contributed by atoms with Gasteiger partial charge in [0.1, 0.15) is 13.2 Å². The second kappa shape index (κ2) is 8.96. The first-order valence-corrected chi connectivity index (χ1v) is 11.4. The molecule has 33 heavy (non-hydrogen) atoms. The van der Waals surface area contributed by atoms with Crippen LogP contribution in [0.15, 0.2) is 65.6 Å². The van der Waals surface area contributed by atoms with Crippen molar-refractivity contribution in [3.8, 4) is 11.5 Å². The molecule has 0 saturated heterocycles. The molecule has 170 valence electrons. The number of carbonyl (C=O) groups is 1. The summed E-state index contributed by atoms with van der Waals surface area (Å²) in [6.45, 7) is 0.735. The molecule has 0 aliphatic carbocycles. The maximum Gasteiger partial charge on any atom is 0.270 e. The van der Waals surface area contributed by atoms with Gasteiger partial charge in [-0.1, -0.05) is 11.6 Å². The lowest BCUT2D eigenvalue weighted by Gasteiger charge is -2.19. The molecule has 0 saturated carbocycles. The van der Waals surface area contributed by atoms with Gasteiger partial charge in [0.05, 0.1) is 20.4 Å². The van der Waals surface area contributed by atoms with Crippen LogP contribution in [0.1, 0.15) is 10.4 Å². The van der Waals surface area contributed by atoms with Crippen molar-refractivity contribution in [1.29, 1.82) is 0 Å². The quantitative estimate of drug-likeness (QED) is 0.393. The van der Waals surface area contributed by atoms with Crippen LogP contribution < -0.4 is 19.5 Å². The number of amides is 1. The Bertz CT molecular complexity index is 1340. The van der Waals surface area contributed by atoms with Crippen molar-refractivity contribution >= 4 is 44.6 Å². The molecule has 1 aliphatic heterocycles. The highest BCUT2D eigenvalue weighted by atomic mass is 35.5. The molecule has 0 radical (unpaired) electrons. The number of sulfonamides is 1. The maximum atomic E-state index is 12.7. The van der Waals surface area contributed by atoms with Crippen molar-refractivity contribution in [2.75, 3.05) is 23.3 Å². The Morgan fingerprint density at radius 3 is 2.27 bits per heavy atom. The second-order valence-corrected chi connectivity index (χ2v) is 8.95. The van der Waals surface area contributed by atoms with Crippen molar-refractivity contribution in [3.63, 3.8) is 0 Å². The fraction of sp³-hybridized carbons (Fsp3) is 0.0952. The van der Waals surface area contributed by atoms with Crippen LogP contribution in [0.5, 0.6) is 11.5 Å². The first-order chi connectivity index (χ1) is 15.7. The van der Waals surface area contributed by atoms with E-state index in [2.05, 4.69) is 10.0 Å². The summed E-state index contributed by atoms with van der Waals surface area (Å²) in [5.41, 5.74) is 0.477. The Hall–Kier alpha value is -3.83. The van der Waals surface area contributed by atoms with Gasteiger partial charge in [-0.05, 0) is 42.5 Å². The average Bonchev–Trinajstić information content (AvgIpc) is 2.79. The van der Waals surface area contributed by atoms with E-state index in [9.17, 15) is 23.3 Å². The number of hydrogen-bond donors (Lipinski definition) is 2. The van der Waals surface area contributed by atoms with Gasteiger partial charge >= 0.3 is 0 Å². The van der Waals surface area contributed by atoms with Crippen LogP contribution in [0.2, 0.25) is 5.02 Å². The molecule has 3 aromatic carbocycles. The normalized spacial score (nSPS) is 12.6. The number of nitro groups is 1. The highest BCUT2D eigenvalue weighted by Crippen LogP contribution is 2.33. The van der Waals surface area contributed by atoms with E-state index < -0.39 is 20.9 Å². The van der Waals surface area contributed by atoms with E-state index in [0.717, 1.165) is 6.07 Å². The third kappa shape index (κ3) is 4.99. The van der Waals surface area contributed by atoms with Gasteiger partial charge in [0, 0.05) is 29.6 Å². The summed E-state index contributed by atoms with van der Waals surface area (Å²) in [5, 5.41) is 13.3. The van der Waals surface area contributed by atoms with E-state index in [0.29, 0.717) is 30.4 Å². The Kier molecular flexibility index (Phi) is 6.07. The number of nitrogens with one attached hydrogen (secondary N) is 2. The predicted octanol–water partition coefficient (Wildman–Crippen LogP) is 4.07. The molecule has 3 aromatic rings. The SMILES string of the molecule is O=C(Nc1ccc(NS(=O)(=O)c2ccc3c(c2)OCCO3)cc1)c1ccc([N+](=O)[O-])cc1Cl. The molecule has 0 unspecified atom stereocenters. The molecule has 10 nitrogen and oxygen atoms in total. The first-order valence-electron chi connectivity index (χ1n) is 9.51. The number of nitro benzene ring substituents is 1. The van der Waals surface area contributed by atoms with Crippen LogP contribution in [0.25, 0.3) is 0 Å². The molecular formula is C21H16ClN3O7S. The molecule has 4 rings (SSSR count). The number of hydrogen-bond acceptors (Lipinski definition) is 7. The largest absolute Gasteiger partial charge is 0.486 e. The van der Waals surface area contributed by atoms with Crippen molar-refractivity contribution < 1.29 is 27.6 Å². The van der Waals surface area contributed by atoms with Crippen LogP contribution in [-0.4, -0.2) is 32.5 Å². The van der Waals surface area contributed by atoms with Crippen LogP contribution >= 0.6 is 11.6 Å². The molecule has 2 N–H and O–H groups in total. The van der Waals surface area contributed by atoms with Crippen LogP contribution in [0.3, 0.4) is 0 Å². The van der Waals surface area contributed by atoms with Gasteiger partial charge in [0.15, 0.2) is 11.5 Å². The zero-order valence-corrected chi connectivity index (χ0v) is 18.4. The molecular weight excluding hydrogens is 474 g/mol.